The Bertz CT molecular complexity index is 554. The highest BCUT2D eigenvalue weighted by molar-refractivity contribution is 14.0. The number of amides is 1. The average Bonchev–Trinajstić information content (AvgIpc) is 2.51. The first-order valence-electron chi connectivity index (χ1n) is 7.98. The SMILES string of the molecule is Cc1ccc(NC(N)=NCCC(=O)N2CCCCC2)cc1C.I. The number of aryl methyl sites for hydroxylation is 2. The Kier molecular flexibility index (Phi) is 8.36. The third-order valence-corrected chi connectivity index (χ3v) is 4.10. The number of nitrogens with zero attached hydrogens (tertiary/aromatic N) is 2. The molecule has 0 aliphatic carbocycles. The Hall–Kier alpha value is -1.31. The average molecular weight is 430 g/mol. The minimum absolute atomic E-state index is 0. The van der Waals surface area contributed by atoms with Crippen LogP contribution in [0.3, 0.4) is 0 Å². The highest BCUT2D eigenvalue weighted by Gasteiger charge is 2.15. The van der Waals surface area contributed by atoms with E-state index in [1.807, 2.05) is 23.1 Å². The molecule has 1 fully saturated rings. The van der Waals surface area contributed by atoms with Crippen molar-refractivity contribution >= 4 is 41.5 Å². The number of piperidine rings is 1. The van der Waals surface area contributed by atoms with Crippen molar-refractivity contribution in [3.8, 4) is 0 Å². The Morgan fingerprint density at radius 3 is 2.57 bits per heavy atom. The molecule has 3 N–H and O–H groups in total. The molecule has 0 saturated carbocycles. The molecule has 0 spiro atoms. The van der Waals surface area contributed by atoms with Crippen LogP contribution >= 0.6 is 24.0 Å². The molecule has 0 radical (unpaired) electrons. The van der Waals surface area contributed by atoms with Gasteiger partial charge in [-0.2, -0.15) is 0 Å². The van der Waals surface area contributed by atoms with Gasteiger partial charge in [-0.3, -0.25) is 9.79 Å². The molecule has 0 aromatic heterocycles. The van der Waals surface area contributed by atoms with Crippen LogP contribution in [0.15, 0.2) is 23.2 Å². The molecule has 1 aliphatic rings. The van der Waals surface area contributed by atoms with E-state index in [0.717, 1.165) is 31.6 Å². The molecule has 0 atom stereocenters. The van der Waals surface area contributed by atoms with Crippen molar-refractivity contribution in [1.82, 2.24) is 4.90 Å². The summed E-state index contributed by atoms with van der Waals surface area (Å²) in [5.74, 6) is 0.539. The lowest BCUT2D eigenvalue weighted by atomic mass is 10.1. The number of halogens is 1. The van der Waals surface area contributed by atoms with E-state index in [0.29, 0.717) is 18.9 Å². The zero-order chi connectivity index (χ0) is 15.9. The lowest BCUT2D eigenvalue weighted by molar-refractivity contribution is -0.131. The van der Waals surface area contributed by atoms with Crippen molar-refractivity contribution in [2.24, 2.45) is 10.7 Å². The van der Waals surface area contributed by atoms with Gasteiger partial charge >= 0.3 is 0 Å². The Morgan fingerprint density at radius 2 is 1.91 bits per heavy atom. The van der Waals surface area contributed by atoms with Crippen LogP contribution < -0.4 is 11.1 Å². The molecule has 6 heteroatoms. The first-order chi connectivity index (χ1) is 10.6. The molecule has 1 aliphatic heterocycles. The molecule has 1 saturated heterocycles. The van der Waals surface area contributed by atoms with Crippen LogP contribution in [0.2, 0.25) is 0 Å². The maximum Gasteiger partial charge on any atom is 0.224 e. The monoisotopic (exact) mass is 430 g/mol. The van der Waals surface area contributed by atoms with Gasteiger partial charge in [-0.1, -0.05) is 6.07 Å². The third-order valence-electron chi connectivity index (χ3n) is 4.10. The Balaban J connectivity index is 0.00000264. The van der Waals surface area contributed by atoms with Gasteiger partial charge in [-0.05, 0) is 56.4 Å². The van der Waals surface area contributed by atoms with Crippen molar-refractivity contribution in [2.45, 2.75) is 39.5 Å². The molecule has 128 valence electrons. The van der Waals surface area contributed by atoms with Gasteiger partial charge in [0.25, 0.3) is 0 Å². The summed E-state index contributed by atoms with van der Waals surface area (Å²) in [6.45, 7) is 6.34. The third kappa shape index (κ3) is 6.37. The van der Waals surface area contributed by atoms with Crippen LogP contribution in [0.4, 0.5) is 5.69 Å². The number of hydrogen-bond donors (Lipinski definition) is 2. The molecule has 1 amide bonds. The van der Waals surface area contributed by atoms with Gasteiger partial charge in [0.15, 0.2) is 5.96 Å². The summed E-state index contributed by atoms with van der Waals surface area (Å²) in [7, 11) is 0. The van der Waals surface area contributed by atoms with E-state index in [2.05, 4.69) is 24.2 Å². The fourth-order valence-corrected chi connectivity index (χ4v) is 2.58. The van der Waals surface area contributed by atoms with Crippen LogP contribution in [-0.4, -0.2) is 36.4 Å². The van der Waals surface area contributed by atoms with Crippen LogP contribution in [0.1, 0.15) is 36.8 Å². The first-order valence-corrected chi connectivity index (χ1v) is 7.98. The van der Waals surface area contributed by atoms with Gasteiger partial charge in [-0.15, -0.1) is 24.0 Å². The number of nitrogens with two attached hydrogens (primary N) is 1. The zero-order valence-electron chi connectivity index (χ0n) is 14.0. The lowest BCUT2D eigenvalue weighted by Crippen LogP contribution is -2.36. The van der Waals surface area contributed by atoms with E-state index < -0.39 is 0 Å². The summed E-state index contributed by atoms with van der Waals surface area (Å²) in [5.41, 5.74) is 9.25. The Morgan fingerprint density at radius 1 is 1.22 bits per heavy atom. The standard InChI is InChI=1S/C17H26N4O.HI/c1-13-6-7-15(12-14(13)2)20-17(18)19-9-8-16(22)21-10-4-3-5-11-21;/h6-7,12H,3-5,8-11H2,1-2H3,(H3,18,19,20);1H. The van der Waals surface area contributed by atoms with Gasteiger partial charge in [0, 0.05) is 25.2 Å². The van der Waals surface area contributed by atoms with Crippen LogP contribution in [0.25, 0.3) is 0 Å². The van der Waals surface area contributed by atoms with Gasteiger partial charge in [0.2, 0.25) is 5.91 Å². The molecule has 2 rings (SSSR count). The Labute approximate surface area is 155 Å². The van der Waals surface area contributed by atoms with Crippen molar-refractivity contribution < 1.29 is 4.79 Å². The molecule has 1 heterocycles. The van der Waals surface area contributed by atoms with Crippen LogP contribution in [-0.2, 0) is 4.79 Å². The maximum atomic E-state index is 12.0. The van der Waals surface area contributed by atoms with Crippen LogP contribution in [0.5, 0.6) is 0 Å². The summed E-state index contributed by atoms with van der Waals surface area (Å²) < 4.78 is 0. The quantitative estimate of drug-likeness (QED) is 0.438. The van der Waals surface area contributed by atoms with E-state index in [9.17, 15) is 4.79 Å². The fourth-order valence-electron chi connectivity index (χ4n) is 2.58. The number of likely N-dealkylation sites (tertiary alicyclic amines) is 1. The van der Waals surface area contributed by atoms with Gasteiger partial charge in [0.1, 0.15) is 0 Å². The van der Waals surface area contributed by atoms with Gasteiger partial charge < -0.3 is 16.0 Å². The fraction of sp³-hybridized carbons (Fsp3) is 0.529. The number of rotatable bonds is 4. The molecule has 1 aromatic rings. The largest absolute Gasteiger partial charge is 0.370 e. The highest BCUT2D eigenvalue weighted by atomic mass is 127. The summed E-state index contributed by atoms with van der Waals surface area (Å²) in [6.07, 6.45) is 3.89. The topological polar surface area (TPSA) is 70.7 Å². The number of benzene rings is 1. The second-order valence-corrected chi connectivity index (χ2v) is 5.88. The van der Waals surface area contributed by atoms with Crippen molar-refractivity contribution in [3.63, 3.8) is 0 Å². The van der Waals surface area contributed by atoms with E-state index in [1.165, 1.54) is 17.5 Å². The second kappa shape index (κ2) is 9.75. The molecule has 0 bridgehead atoms. The minimum Gasteiger partial charge on any atom is -0.370 e. The zero-order valence-corrected chi connectivity index (χ0v) is 16.3. The predicted octanol–water partition coefficient (Wildman–Crippen LogP) is 3.05. The summed E-state index contributed by atoms with van der Waals surface area (Å²) in [4.78, 5) is 18.2. The molecular formula is C17H27IN4O. The molecule has 1 aromatic carbocycles. The molecule has 5 nitrogen and oxygen atoms in total. The maximum absolute atomic E-state index is 12.0. The number of hydrogen-bond acceptors (Lipinski definition) is 2. The summed E-state index contributed by atoms with van der Waals surface area (Å²) >= 11 is 0. The number of nitrogens with one attached hydrogen (secondary N) is 1. The van der Waals surface area contributed by atoms with Crippen molar-refractivity contribution in [3.05, 3.63) is 29.3 Å². The first kappa shape index (κ1) is 19.7. The summed E-state index contributed by atoms with van der Waals surface area (Å²) in [6, 6.07) is 6.06. The molecular weight excluding hydrogens is 403 g/mol. The van der Waals surface area contributed by atoms with E-state index in [4.69, 9.17) is 5.73 Å². The number of carbonyl (C=O) groups is 1. The molecule has 23 heavy (non-hydrogen) atoms. The predicted molar refractivity (Wildman–Crippen MR) is 106 cm³/mol. The van der Waals surface area contributed by atoms with Crippen molar-refractivity contribution in [2.75, 3.05) is 25.0 Å². The number of carbonyl (C=O) groups excluding carboxylic acids is 1. The smallest absolute Gasteiger partial charge is 0.224 e. The summed E-state index contributed by atoms with van der Waals surface area (Å²) in [5, 5.41) is 3.07. The van der Waals surface area contributed by atoms with E-state index >= 15 is 0 Å². The van der Waals surface area contributed by atoms with E-state index in [-0.39, 0.29) is 29.9 Å². The van der Waals surface area contributed by atoms with Gasteiger partial charge in [0.05, 0.1) is 6.54 Å². The van der Waals surface area contributed by atoms with Crippen LogP contribution in [0, 0.1) is 13.8 Å². The molecule has 0 unspecified atom stereocenters. The number of guanidine groups is 1. The number of anilines is 1. The van der Waals surface area contributed by atoms with Crippen molar-refractivity contribution in [1.29, 1.82) is 0 Å². The highest BCUT2D eigenvalue weighted by Crippen LogP contribution is 2.14. The second-order valence-electron chi connectivity index (χ2n) is 5.88. The number of aliphatic imine (C=N–C) groups is 1. The lowest BCUT2D eigenvalue weighted by Gasteiger charge is -2.26. The minimum atomic E-state index is 0. The van der Waals surface area contributed by atoms with E-state index in [1.54, 1.807) is 0 Å². The normalized spacial score (nSPS) is 15.0. The van der Waals surface area contributed by atoms with Gasteiger partial charge in [-0.25, -0.2) is 0 Å².